The van der Waals surface area contributed by atoms with Gasteiger partial charge in [0.15, 0.2) is 22.2 Å². The predicted octanol–water partition coefficient (Wildman–Crippen LogP) is 4.19. The van der Waals surface area contributed by atoms with Gasteiger partial charge in [-0.2, -0.15) is 0 Å². The number of hydrogen-bond donors (Lipinski definition) is 0. The molecule has 0 radical (unpaired) electrons. The molecule has 2 fully saturated rings. The Morgan fingerprint density at radius 3 is 2.57 bits per heavy atom. The Bertz CT molecular complexity index is 1080. The molecule has 1 aromatic carbocycles. The van der Waals surface area contributed by atoms with Gasteiger partial charge in [-0.3, -0.25) is 4.79 Å². The molecule has 2 heterocycles. The molecule has 0 bridgehead atoms. The molecule has 4 rings (SSSR count). The molecule has 1 amide bonds. The zero-order valence-electron chi connectivity index (χ0n) is 16.7. The third-order valence-corrected chi connectivity index (χ3v) is 8.27. The highest BCUT2D eigenvalue weighted by Crippen LogP contribution is 2.37. The van der Waals surface area contributed by atoms with Crippen molar-refractivity contribution >= 4 is 49.8 Å². The van der Waals surface area contributed by atoms with E-state index in [1.807, 2.05) is 19.1 Å². The molecular formula is C21H24Cl2N2O4S. The van der Waals surface area contributed by atoms with Crippen molar-refractivity contribution in [3.8, 4) is 5.75 Å². The number of carbonyl (C=O) groups is 1. The second-order valence-corrected chi connectivity index (χ2v) is 11.1. The third kappa shape index (κ3) is 4.39. The molecule has 1 aromatic heterocycles. The van der Waals surface area contributed by atoms with Gasteiger partial charge >= 0.3 is 0 Å². The SMILES string of the molecule is Cc1ccc2c(Cl)cc(Cl)c(OCC(=O)N(C3CCCC3)[C@H]3CCS(=O)(=O)C3)c2n1. The van der Waals surface area contributed by atoms with E-state index in [1.54, 1.807) is 11.0 Å². The lowest BCUT2D eigenvalue weighted by atomic mass is 10.1. The van der Waals surface area contributed by atoms with Crippen LogP contribution in [0.4, 0.5) is 0 Å². The molecule has 1 saturated carbocycles. The van der Waals surface area contributed by atoms with Crippen molar-refractivity contribution in [3.63, 3.8) is 0 Å². The van der Waals surface area contributed by atoms with E-state index < -0.39 is 9.84 Å². The summed E-state index contributed by atoms with van der Waals surface area (Å²) in [5.41, 5.74) is 1.29. The number of rotatable bonds is 5. The Hall–Kier alpha value is -1.57. The monoisotopic (exact) mass is 470 g/mol. The van der Waals surface area contributed by atoms with Gasteiger partial charge in [-0.15, -0.1) is 0 Å². The zero-order chi connectivity index (χ0) is 21.5. The van der Waals surface area contributed by atoms with Gasteiger partial charge < -0.3 is 9.64 Å². The average Bonchev–Trinajstić information content (AvgIpc) is 3.31. The number of benzene rings is 1. The molecule has 162 valence electrons. The lowest BCUT2D eigenvalue weighted by Gasteiger charge is -2.34. The lowest BCUT2D eigenvalue weighted by Crippen LogP contribution is -2.48. The standard InChI is InChI=1S/C21H24Cl2N2O4S/c1-13-6-7-16-17(22)10-18(23)21(20(16)24-13)29-11-19(26)25(14-4-2-3-5-14)15-8-9-30(27,28)12-15/h6-7,10,14-15H,2-5,8-9,11-12H2,1H3/t15-/m0/s1. The van der Waals surface area contributed by atoms with Gasteiger partial charge in [-0.05, 0) is 44.4 Å². The summed E-state index contributed by atoms with van der Waals surface area (Å²) < 4.78 is 29.9. The van der Waals surface area contributed by atoms with Crippen molar-refractivity contribution in [2.24, 2.45) is 0 Å². The second-order valence-electron chi connectivity index (χ2n) is 8.10. The highest BCUT2D eigenvalue weighted by atomic mass is 35.5. The number of ether oxygens (including phenoxy) is 1. The summed E-state index contributed by atoms with van der Waals surface area (Å²) in [7, 11) is -3.10. The molecule has 30 heavy (non-hydrogen) atoms. The van der Waals surface area contributed by atoms with E-state index in [4.69, 9.17) is 27.9 Å². The Morgan fingerprint density at radius 2 is 1.90 bits per heavy atom. The number of fused-ring (bicyclic) bond motifs is 1. The molecule has 1 aliphatic heterocycles. The first-order valence-electron chi connectivity index (χ1n) is 10.1. The van der Waals surface area contributed by atoms with Gasteiger partial charge in [-0.1, -0.05) is 36.0 Å². The average molecular weight is 471 g/mol. The van der Waals surface area contributed by atoms with E-state index in [0.29, 0.717) is 28.1 Å². The number of halogens is 2. The van der Waals surface area contributed by atoms with Crippen molar-refractivity contribution < 1.29 is 17.9 Å². The van der Waals surface area contributed by atoms with Crippen LogP contribution in [0.5, 0.6) is 5.75 Å². The smallest absolute Gasteiger partial charge is 0.261 e. The fourth-order valence-corrected chi connectivity index (χ4v) is 6.80. The van der Waals surface area contributed by atoms with Gasteiger partial charge in [0.05, 0.1) is 21.6 Å². The van der Waals surface area contributed by atoms with Gasteiger partial charge in [0.1, 0.15) is 5.52 Å². The maximum atomic E-state index is 13.2. The zero-order valence-corrected chi connectivity index (χ0v) is 19.1. The van der Waals surface area contributed by atoms with Crippen molar-refractivity contribution in [1.29, 1.82) is 0 Å². The molecule has 1 aliphatic carbocycles. The fourth-order valence-electron chi connectivity index (χ4n) is 4.52. The Morgan fingerprint density at radius 1 is 1.17 bits per heavy atom. The molecule has 1 saturated heterocycles. The summed E-state index contributed by atoms with van der Waals surface area (Å²) in [5, 5.41) is 1.45. The molecule has 6 nitrogen and oxygen atoms in total. The van der Waals surface area contributed by atoms with Crippen LogP contribution in [0.2, 0.25) is 10.0 Å². The summed E-state index contributed by atoms with van der Waals surface area (Å²) in [6, 6.07) is 5.06. The van der Waals surface area contributed by atoms with Crippen molar-refractivity contribution in [2.75, 3.05) is 18.1 Å². The lowest BCUT2D eigenvalue weighted by molar-refractivity contribution is -0.137. The molecule has 0 unspecified atom stereocenters. The van der Waals surface area contributed by atoms with Gasteiger partial charge in [0, 0.05) is 23.2 Å². The molecule has 1 atom stereocenters. The topological polar surface area (TPSA) is 76.6 Å². The van der Waals surface area contributed by atoms with Crippen LogP contribution in [0.1, 0.15) is 37.8 Å². The van der Waals surface area contributed by atoms with E-state index in [2.05, 4.69) is 4.98 Å². The first kappa shape index (κ1) is 21.7. The Kier molecular flexibility index (Phi) is 6.15. The highest BCUT2D eigenvalue weighted by Gasteiger charge is 2.39. The minimum absolute atomic E-state index is 0.0284. The van der Waals surface area contributed by atoms with E-state index in [9.17, 15) is 13.2 Å². The molecular weight excluding hydrogens is 447 g/mol. The summed E-state index contributed by atoms with van der Waals surface area (Å²) in [6.07, 6.45) is 4.37. The van der Waals surface area contributed by atoms with Crippen LogP contribution < -0.4 is 4.74 Å². The van der Waals surface area contributed by atoms with Crippen molar-refractivity contribution in [3.05, 3.63) is 33.9 Å². The van der Waals surface area contributed by atoms with E-state index >= 15 is 0 Å². The van der Waals surface area contributed by atoms with Crippen LogP contribution in [-0.4, -0.2) is 54.4 Å². The Labute approximate surface area is 186 Å². The summed E-state index contributed by atoms with van der Waals surface area (Å²) in [5.74, 6) is 0.265. The van der Waals surface area contributed by atoms with Gasteiger partial charge in [0.25, 0.3) is 5.91 Å². The van der Waals surface area contributed by atoms with Gasteiger partial charge in [0.2, 0.25) is 0 Å². The van der Waals surface area contributed by atoms with Gasteiger partial charge in [-0.25, -0.2) is 13.4 Å². The summed E-state index contributed by atoms with van der Waals surface area (Å²) in [4.78, 5) is 19.5. The van der Waals surface area contributed by atoms with Crippen LogP contribution in [0, 0.1) is 6.92 Å². The quantitative estimate of drug-likeness (QED) is 0.654. The number of sulfone groups is 1. The summed E-state index contributed by atoms with van der Waals surface area (Å²) in [6.45, 7) is 1.63. The number of carbonyl (C=O) groups excluding carboxylic acids is 1. The number of nitrogens with zero attached hydrogens (tertiary/aromatic N) is 2. The van der Waals surface area contributed by atoms with E-state index in [0.717, 1.165) is 31.4 Å². The normalized spacial score (nSPS) is 21.2. The minimum Gasteiger partial charge on any atom is -0.480 e. The first-order chi connectivity index (χ1) is 14.2. The molecule has 2 aromatic rings. The molecule has 0 spiro atoms. The molecule has 2 aliphatic rings. The number of amides is 1. The van der Waals surface area contributed by atoms with Crippen LogP contribution in [-0.2, 0) is 14.6 Å². The maximum Gasteiger partial charge on any atom is 0.261 e. The summed E-state index contributed by atoms with van der Waals surface area (Å²) >= 11 is 12.6. The maximum absolute atomic E-state index is 13.2. The minimum atomic E-state index is -3.10. The van der Waals surface area contributed by atoms with Crippen LogP contribution in [0.3, 0.4) is 0 Å². The molecule has 0 N–H and O–H groups in total. The Balaban J connectivity index is 1.59. The third-order valence-electron chi connectivity index (χ3n) is 5.93. The van der Waals surface area contributed by atoms with E-state index in [1.165, 1.54) is 0 Å². The van der Waals surface area contributed by atoms with Crippen LogP contribution in [0.15, 0.2) is 18.2 Å². The number of aryl methyl sites for hydroxylation is 1. The highest BCUT2D eigenvalue weighted by molar-refractivity contribution is 7.91. The predicted molar refractivity (Wildman–Crippen MR) is 118 cm³/mol. The van der Waals surface area contributed by atoms with Crippen LogP contribution in [0.25, 0.3) is 10.9 Å². The number of hydrogen-bond acceptors (Lipinski definition) is 5. The molecule has 9 heteroatoms. The number of pyridine rings is 1. The van der Waals surface area contributed by atoms with Crippen molar-refractivity contribution in [2.45, 2.75) is 51.1 Å². The largest absolute Gasteiger partial charge is 0.480 e. The first-order valence-corrected chi connectivity index (χ1v) is 12.7. The second kappa shape index (κ2) is 8.52. The number of aromatic nitrogens is 1. The fraction of sp³-hybridized carbons (Fsp3) is 0.524. The van der Waals surface area contributed by atoms with Crippen molar-refractivity contribution in [1.82, 2.24) is 9.88 Å². The van der Waals surface area contributed by atoms with Crippen LogP contribution >= 0.6 is 23.2 Å². The van der Waals surface area contributed by atoms with E-state index in [-0.39, 0.29) is 41.1 Å².